The zero-order valence-corrected chi connectivity index (χ0v) is 5.44. The second-order valence-corrected chi connectivity index (χ2v) is 1.81. The van der Waals surface area contributed by atoms with E-state index in [1.165, 1.54) is 6.42 Å². The highest BCUT2D eigenvalue weighted by atomic mass is 19.1. The fourth-order valence-electron chi connectivity index (χ4n) is 0.638. The third-order valence-electron chi connectivity index (χ3n) is 1.11. The third-order valence-corrected chi connectivity index (χ3v) is 1.11. The first-order valence-corrected chi connectivity index (χ1v) is 2.84. The van der Waals surface area contributed by atoms with Crippen molar-refractivity contribution < 1.29 is 8.78 Å². The van der Waals surface area contributed by atoms with Crippen LogP contribution in [-0.4, -0.2) is 4.98 Å². The lowest BCUT2D eigenvalue weighted by molar-refractivity contribution is 0.566. The van der Waals surface area contributed by atoms with Crippen LogP contribution in [0.3, 0.4) is 0 Å². The monoisotopic (exact) mass is 142 g/mol. The fraction of sp³-hybridized carbons (Fsp3) is 0.143. The van der Waals surface area contributed by atoms with Gasteiger partial charge in [-0.05, 0) is 0 Å². The maximum atomic E-state index is 12.5. The molecule has 1 radical (unpaired) electrons. The minimum atomic E-state index is -0.650. The summed E-state index contributed by atoms with van der Waals surface area (Å²) in [5.41, 5.74) is 0.182. The van der Waals surface area contributed by atoms with Crippen molar-refractivity contribution in [2.75, 3.05) is 0 Å². The summed E-state index contributed by atoms with van der Waals surface area (Å²) in [5.74, 6) is -1.27. The first-order valence-electron chi connectivity index (χ1n) is 2.84. The highest BCUT2D eigenvalue weighted by molar-refractivity contribution is 5.14. The Hall–Kier alpha value is -0.990. The number of halogens is 2. The zero-order valence-electron chi connectivity index (χ0n) is 5.44. The van der Waals surface area contributed by atoms with Gasteiger partial charge in [-0.3, -0.25) is 4.98 Å². The summed E-state index contributed by atoms with van der Waals surface area (Å²) in [5, 5.41) is 0. The van der Waals surface area contributed by atoms with E-state index in [4.69, 9.17) is 0 Å². The normalized spacial score (nSPS) is 9.90. The number of hydrogen-bond acceptors (Lipinski definition) is 1. The molecule has 0 saturated heterocycles. The molecule has 1 aromatic heterocycles. The highest BCUT2D eigenvalue weighted by Crippen LogP contribution is 2.06. The lowest BCUT2D eigenvalue weighted by atomic mass is 10.3. The molecule has 3 heteroatoms. The van der Waals surface area contributed by atoms with E-state index in [9.17, 15) is 8.78 Å². The van der Waals surface area contributed by atoms with E-state index >= 15 is 0 Å². The fourth-order valence-corrected chi connectivity index (χ4v) is 0.638. The SMILES string of the molecule is C[CH]c1ncc(F)cc1F. The minimum absolute atomic E-state index is 0.182. The number of hydrogen-bond donors (Lipinski definition) is 0. The van der Waals surface area contributed by atoms with Crippen LogP contribution in [0.25, 0.3) is 0 Å². The molecule has 0 unspecified atom stereocenters. The molecule has 0 bridgehead atoms. The molecule has 0 aliphatic carbocycles. The van der Waals surface area contributed by atoms with Crippen LogP contribution in [0.1, 0.15) is 12.6 Å². The van der Waals surface area contributed by atoms with Crippen LogP contribution in [0, 0.1) is 18.1 Å². The van der Waals surface area contributed by atoms with Gasteiger partial charge < -0.3 is 0 Å². The van der Waals surface area contributed by atoms with E-state index < -0.39 is 11.6 Å². The molecule has 0 aliphatic heterocycles. The Morgan fingerprint density at radius 3 is 2.70 bits per heavy atom. The summed E-state index contributed by atoms with van der Waals surface area (Å²) < 4.78 is 24.7. The Labute approximate surface area is 57.7 Å². The molecule has 0 amide bonds. The van der Waals surface area contributed by atoms with Crippen molar-refractivity contribution in [3.05, 3.63) is 36.0 Å². The van der Waals surface area contributed by atoms with Crippen molar-refractivity contribution in [1.82, 2.24) is 4.98 Å². The van der Waals surface area contributed by atoms with Crippen molar-refractivity contribution in [3.8, 4) is 0 Å². The van der Waals surface area contributed by atoms with Gasteiger partial charge in [-0.15, -0.1) is 0 Å². The molecule has 0 spiro atoms. The first-order chi connectivity index (χ1) is 4.74. The minimum Gasteiger partial charge on any atom is -0.255 e. The Morgan fingerprint density at radius 1 is 1.50 bits per heavy atom. The van der Waals surface area contributed by atoms with Crippen LogP contribution >= 0.6 is 0 Å². The second kappa shape index (κ2) is 2.73. The predicted molar refractivity (Wildman–Crippen MR) is 33.2 cm³/mol. The van der Waals surface area contributed by atoms with Gasteiger partial charge in [0.05, 0.1) is 11.9 Å². The molecule has 0 saturated carbocycles. The van der Waals surface area contributed by atoms with Crippen LogP contribution in [0.15, 0.2) is 12.3 Å². The molecule has 1 aromatic rings. The van der Waals surface area contributed by atoms with E-state index in [-0.39, 0.29) is 5.69 Å². The summed E-state index contributed by atoms with van der Waals surface area (Å²) in [4.78, 5) is 3.49. The topological polar surface area (TPSA) is 12.9 Å². The maximum Gasteiger partial charge on any atom is 0.147 e. The van der Waals surface area contributed by atoms with Gasteiger partial charge >= 0.3 is 0 Å². The smallest absolute Gasteiger partial charge is 0.147 e. The van der Waals surface area contributed by atoms with E-state index in [1.54, 1.807) is 6.92 Å². The Bertz CT molecular complexity index is 235. The average Bonchev–Trinajstić information content (AvgIpc) is 1.88. The highest BCUT2D eigenvalue weighted by Gasteiger charge is 2.01. The van der Waals surface area contributed by atoms with Gasteiger partial charge in [0.25, 0.3) is 0 Å². The molecule has 53 valence electrons. The van der Waals surface area contributed by atoms with Gasteiger partial charge in [-0.1, -0.05) is 6.92 Å². The van der Waals surface area contributed by atoms with Gasteiger partial charge in [0, 0.05) is 12.5 Å². The van der Waals surface area contributed by atoms with E-state index in [0.29, 0.717) is 0 Å². The second-order valence-electron chi connectivity index (χ2n) is 1.81. The summed E-state index contributed by atoms with van der Waals surface area (Å²) >= 11 is 0. The largest absolute Gasteiger partial charge is 0.255 e. The molecule has 10 heavy (non-hydrogen) atoms. The Morgan fingerprint density at radius 2 is 2.20 bits per heavy atom. The number of pyridine rings is 1. The van der Waals surface area contributed by atoms with Gasteiger partial charge in [0.1, 0.15) is 11.6 Å². The van der Waals surface area contributed by atoms with Crippen LogP contribution in [0.2, 0.25) is 0 Å². The molecular formula is C7H6F2N. The van der Waals surface area contributed by atoms with Crippen LogP contribution in [-0.2, 0) is 0 Å². The lowest BCUT2D eigenvalue weighted by Crippen LogP contribution is -1.91. The van der Waals surface area contributed by atoms with Crippen molar-refractivity contribution >= 4 is 0 Å². The maximum absolute atomic E-state index is 12.5. The van der Waals surface area contributed by atoms with Gasteiger partial charge in [0.15, 0.2) is 0 Å². The van der Waals surface area contributed by atoms with E-state index in [1.807, 2.05) is 0 Å². The predicted octanol–water partition coefficient (Wildman–Crippen LogP) is 1.93. The van der Waals surface area contributed by atoms with Gasteiger partial charge in [-0.2, -0.15) is 0 Å². The number of aromatic nitrogens is 1. The zero-order chi connectivity index (χ0) is 7.56. The molecule has 0 aromatic carbocycles. The van der Waals surface area contributed by atoms with E-state index in [0.717, 1.165) is 12.3 Å². The third kappa shape index (κ3) is 1.29. The molecule has 1 heterocycles. The quantitative estimate of drug-likeness (QED) is 0.583. The first kappa shape index (κ1) is 7.12. The molecule has 1 nitrogen and oxygen atoms in total. The summed E-state index contributed by atoms with van der Waals surface area (Å²) in [6.45, 7) is 1.64. The molecule has 0 fully saturated rings. The lowest BCUT2D eigenvalue weighted by Gasteiger charge is -1.95. The van der Waals surface area contributed by atoms with Crippen molar-refractivity contribution in [2.45, 2.75) is 6.92 Å². The summed E-state index contributed by atoms with van der Waals surface area (Å²) in [6, 6.07) is 0.808. The summed E-state index contributed by atoms with van der Waals surface area (Å²) in [6.07, 6.45) is 2.47. The van der Waals surface area contributed by atoms with Gasteiger partial charge in [0.2, 0.25) is 0 Å². The molecule has 0 aliphatic rings. The van der Waals surface area contributed by atoms with Crippen LogP contribution < -0.4 is 0 Å². The van der Waals surface area contributed by atoms with E-state index in [2.05, 4.69) is 4.98 Å². The van der Waals surface area contributed by atoms with Crippen LogP contribution in [0.5, 0.6) is 0 Å². The number of nitrogens with zero attached hydrogens (tertiary/aromatic N) is 1. The van der Waals surface area contributed by atoms with Crippen molar-refractivity contribution in [1.29, 1.82) is 0 Å². The Balaban J connectivity index is 3.07. The molecule has 1 rings (SSSR count). The summed E-state index contributed by atoms with van der Waals surface area (Å²) in [7, 11) is 0. The average molecular weight is 142 g/mol. The standard InChI is InChI=1S/C7H6F2N/c1-2-7-6(9)3-5(8)4-10-7/h2-4H,1H3. The van der Waals surface area contributed by atoms with Crippen molar-refractivity contribution in [2.24, 2.45) is 0 Å². The van der Waals surface area contributed by atoms with Gasteiger partial charge in [-0.25, -0.2) is 8.78 Å². The van der Waals surface area contributed by atoms with Crippen LogP contribution in [0.4, 0.5) is 8.78 Å². The molecular weight excluding hydrogens is 136 g/mol. The van der Waals surface area contributed by atoms with Crippen molar-refractivity contribution in [3.63, 3.8) is 0 Å². The number of rotatable bonds is 1. The molecule has 0 N–H and O–H groups in total. The Kier molecular flexibility index (Phi) is 1.94. The molecule has 0 atom stereocenters.